The summed E-state index contributed by atoms with van der Waals surface area (Å²) in [5.74, 6) is 0.779. The molecule has 13 rings (SSSR count). The van der Waals surface area contributed by atoms with Crippen molar-refractivity contribution in [2.24, 2.45) is 5.41 Å². The van der Waals surface area contributed by atoms with E-state index >= 15 is 0 Å². The molecule has 9 aromatic carbocycles. The van der Waals surface area contributed by atoms with Crippen LogP contribution in [-0.2, 0) is 31.1 Å². The van der Waals surface area contributed by atoms with Gasteiger partial charge in [-0.05, 0) is 17.7 Å². The first kappa shape index (κ1) is 36.7. The maximum absolute atomic E-state index is 9.64. The van der Waals surface area contributed by atoms with Crippen molar-refractivity contribution in [1.82, 2.24) is 14.1 Å². The molecule has 0 atom stereocenters. The Hall–Kier alpha value is -8.25. The van der Waals surface area contributed by atoms with Crippen molar-refractivity contribution in [2.45, 2.75) is 53.3 Å². The summed E-state index contributed by atoms with van der Waals surface area (Å²) in [7, 11) is 0. The molecule has 4 heterocycles. The van der Waals surface area contributed by atoms with E-state index in [2.05, 4.69) is 65.4 Å². The third-order valence-electron chi connectivity index (χ3n) is 14.1. The predicted octanol–water partition coefficient (Wildman–Crippen LogP) is 17.2. The van der Waals surface area contributed by atoms with Gasteiger partial charge in [-0.1, -0.05) is 54.6 Å². The van der Waals surface area contributed by atoms with Gasteiger partial charge in [0.15, 0.2) is 0 Å². The number of fused-ring (bicyclic) bond motifs is 9. The number of imidazole rings is 1. The Morgan fingerprint density at radius 3 is 1.82 bits per heavy atom. The number of hydrogen-bond acceptors (Lipinski definition) is 4. The Balaban J connectivity index is 1.06. The standard InChI is InChI=1S/C69H58BN5O.Pt/c1-68(2,3)45-47-41-55(48-25-10-7-11-26-48)66(56(42-47)49-27-12-8-13-28-49)73-46-72(60-37-20-21-38-61(60)73)51-31-24-32-52(43-51)76-67-65(50-29-14-9-15-30-50)57(69(4,5)6)44-64(71-67)75-63-40-23-22-39-62(63)74-59-36-19-17-34-54(59)53-33-16-18-35-58(53)70(74)75;/h7-44H,45H2,1-6H3;/i7D,9D,10D,11D,14D,15D,25D,26D,29D,30D,45D2;. The molecule has 0 saturated heterocycles. The zero-order valence-electron chi connectivity index (χ0n) is 55.2. The first-order chi connectivity index (χ1) is 42.3. The molecule has 0 radical (unpaired) electrons. The summed E-state index contributed by atoms with van der Waals surface area (Å²) in [6.07, 6.45) is -1.99. The number of aromatic nitrogens is 3. The van der Waals surface area contributed by atoms with Crippen LogP contribution in [0.25, 0.3) is 66.9 Å². The van der Waals surface area contributed by atoms with Crippen molar-refractivity contribution in [2.75, 3.05) is 9.62 Å². The number of hydrogen-bond donors (Lipinski definition) is 0. The van der Waals surface area contributed by atoms with Gasteiger partial charge in [0.05, 0.1) is 1.37 Å². The van der Waals surface area contributed by atoms with Crippen molar-refractivity contribution in [1.29, 1.82) is 0 Å². The molecule has 8 heteroatoms. The summed E-state index contributed by atoms with van der Waals surface area (Å²) in [6.45, 7) is 11.0. The quantitative estimate of drug-likeness (QED) is 0.135. The van der Waals surface area contributed by atoms with Gasteiger partial charge < -0.3 is 0 Å². The van der Waals surface area contributed by atoms with Gasteiger partial charge in [0.2, 0.25) is 0 Å². The topological polar surface area (TPSA) is 38.5 Å². The Labute approximate surface area is 479 Å². The van der Waals surface area contributed by atoms with Gasteiger partial charge in [-0.3, -0.25) is 0 Å². The molecule has 6 nitrogen and oxygen atoms in total. The van der Waals surface area contributed by atoms with Crippen LogP contribution in [0.1, 0.15) is 69.1 Å². The summed E-state index contributed by atoms with van der Waals surface area (Å²) >= 11 is 2.24. The molecule has 378 valence electrons. The molecule has 0 aliphatic carbocycles. The first-order valence-electron chi connectivity index (χ1n) is 31.6. The fourth-order valence-corrected chi connectivity index (χ4v) is 12.1. The van der Waals surface area contributed by atoms with Crippen molar-refractivity contribution in [3.63, 3.8) is 0 Å². The number of rotatable bonds is 9. The zero-order valence-corrected chi connectivity index (χ0v) is 45.5. The van der Waals surface area contributed by atoms with Crippen LogP contribution in [0.3, 0.4) is 0 Å². The fraction of sp³-hybridized carbons (Fsp3) is 0.130. The molecule has 2 aliphatic heterocycles. The summed E-state index contributed by atoms with van der Waals surface area (Å²) in [4.78, 5) is 9.99. The SMILES string of the molecule is [2H]c1c([2H])c([2H])c(-c2cc(C([2H])([2H])C(C)(C)C)cc(-c3ccccc3)c2-n2[c](=[Pt])n(-c3cccc(Oc4nc(N5B6c7ccccc7-c7ccccc7N6c6ccccc65)cc(C(C)(C)C)c4-c4c([2H])c([2H])c([2H])c([2H])c4[2H])c3)c3ccccc32)c([2H])c1[2H]. The van der Waals surface area contributed by atoms with E-state index in [9.17, 15) is 8.22 Å². The second-order valence-electron chi connectivity index (χ2n) is 21.3. The third kappa shape index (κ3) is 8.58. The number of pyridine rings is 1. The minimum absolute atomic E-state index is 0.00298. The predicted molar refractivity (Wildman–Crippen MR) is 316 cm³/mol. The van der Waals surface area contributed by atoms with Crippen LogP contribution >= 0.6 is 0 Å². The van der Waals surface area contributed by atoms with Gasteiger partial charge in [0.25, 0.3) is 0 Å². The number of benzene rings is 9. The van der Waals surface area contributed by atoms with E-state index < -0.39 is 84.6 Å². The molecule has 0 fully saturated rings. The van der Waals surface area contributed by atoms with Gasteiger partial charge in [-0.25, -0.2) is 0 Å². The van der Waals surface area contributed by atoms with Crippen LogP contribution in [0.2, 0.25) is 0 Å². The van der Waals surface area contributed by atoms with Crippen molar-refractivity contribution >= 4 is 46.4 Å². The van der Waals surface area contributed by atoms with Crippen LogP contribution in [0.5, 0.6) is 11.6 Å². The molecule has 11 aromatic rings. The van der Waals surface area contributed by atoms with Crippen molar-refractivity contribution in [3.05, 3.63) is 245 Å². The Bertz CT molecular complexity index is 4790. The molecule has 0 saturated carbocycles. The number of ether oxygens (including phenoxy) is 1. The Kier molecular flexibility index (Phi) is 9.10. The van der Waals surface area contributed by atoms with Crippen molar-refractivity contribution < 1.29 is 40.5 Å². The van der Waals surface area contributed by atoms with E-state index in [-0.39, 0.29) is 33.7 Å². The van der Waals surface area contributed by atoms with Gasteiger partial charge in [0, 0.05) is 11.3 Å². The molecule has 0 spiro atoms. The number of nitrogens with zero attached hydrogens (tertiary/aromatic N) is 5. The summed E-state index contributed by atoms with van der Waals surface area (Å²) < 4.78 is 122. The number of anilines is 4. The molecule has 0 unspecified atom stereocenters. The van der Waals surface area contributed by atoms with Crippen LogP contribution in [0, 0.1) is 9.22 Å². The van der Waals surface area contributed by atoms with E-state index in [1.807, 2.05) is 151 Å². The minimum atomic E-state index is -1.99. The van der Waals surface area contributed by atoms with E-state index in [4.69, 9.17) is 17.9 Å². The van der Waals surface area contributed by atoms with Crippen LogP contribution in [0.15, 0.2) is 230 Å². The molecule has 2 aliphatic rings. The average molecular weight is 1190 g/mol. The molecule has 0 N–H and O–H groups in total. The molecule has 0 bridgehead atoms. The Morgan fingerprint density at radius 1 is 0.545 bits per heavy atom. The van der Waals surface area contributed by atoms with Gasteiger partial charge in [-0.15, -0.1) is 0 Å². The molecule has 77 heavy (non-hydrogen) atoms. The zero-order chi connectivity index (χ0) is 63.1. The fourth-order valence-electron chi connectivity index (χ4n) is 11.0. The maximum atomic E-state index is 9.64. The second-order valence-corrected chi connectivity index (χ2v) is 22.3. The molecule has 2 aromatic heterocycles. The second kappa shape index (κ2) is 19.1. The van der Waals surface area contributed by atoms with Crippen LogP contribution in [0.4, 0.5) is 22.9 Å². The molecular formula is C69H58BN5OPt. The molecule has 0 amide bonds. The van der Waals surface area contributed by atoms with E-state index in [1.165, 1.54) is 0 Å². The normalized spacial score (nSPS) is 15.2. The van der Waals surface area contributed by atoms with E-state index in [0.29, 0.717) is 54.5 Å². The van der Waals surface area contributed by atoms with Crippen LogP contribution in [-0.4, -0.2) is 21.1 Å². The van der Waals surface area contributed by atoms with E-state index in [1.54, 1.807) is 32.9 Å². The number of para-hydroxylation sites is 5. The summed E-state index contributed by atoms with van der Waals surface area (Å²) in [5, 5.41) is 0. The first-order valence-corrected chi connectivity index (χ1v) is 26.7. The average Bonchev–Trinajstić information content (AvgIpc) is 1.63. The van der Waals surface area contributed by atoms with Gasteiger partial charge >= 0.3 is 397 Å². The van der Waals surface area contributed by atoms with Gasteiger partial charge in [0.1, 0.15) is 0 Å². The third-order valence-corrected chi connectivity index (χ3v) is 15.1. The van der Waals surface area contributed by atoms with Crippen LogP contribution < -0.4 is 19.8 Å². The summed E-state index contributed by atoms with van der Waals surface area (Å²) in [5.41, 5.74) is 9.17. The summed E-state index contributed by atoms with van der Waals surface area (Å²) in [6, 6.07) is 49.9. The van der Waals surface area contributed by atoms with E-state index in [0.717, 1.165) is 33.7 Å². The monoisotopic (exact) mass is 1190 g/mol. The molecular weight excluding hydrogens is 1120 g/mol. The van der Waals surface area contributed by atoms with Crippen molar-refractivity contribution in [3.8, 4) is 67.5 Å². The Morgan fingerprint density at radius 2 is 1.13 bits per heavy atom. The van der Waals surface area contributed by atoms with Gasteiger partial charge in [-0.2, -0.15) is 0 Å².